The molecular formula is C12H18ClNO2. The number of rotatable bonds is 5. The molecule has 0 unspecified atom stereocenters. The topological polar surface area (TPSA) is 42.2 Å². The third-order valence-corrected chi connectivity index (χ3v) is 3.27. The Hall–Kier alpha value is -0.960. The molecule has 3 nitrogen and oxygen atoms in total. The molecule has 0 aliphatic carbocycles. The highest BCUT2D eigenvalue weighted by atomic mass is 35.5. The molecule has 1 aromatic heterocycles. The first-order chi connectivity index (χ1) is 7.60. The molecule has 1 N–H and O–H groups in total. The molecular weight excluding hydrogens is 226 g/mol. The lowest BCUT2D eigenvalue weighted by Gasteiger charge is -2.22. The molecule has 0 aliphatic heterocycles. The molecule has 0 aromatic carbocycles. The van der Waals surface area contributed by atoms with Crippen LogP contribution in [0.4, 0.5) is 0 Å². The van der Waals surface area contributed by atoms with Crippen LogP contribution in [0.5, 0.6) is 0 Å². The predicted molar refractivity (Wildman–Crippen MR) is 64.7 cm³/mol. The Labute approximate surface area is 101 Å². The fourth-order valence-electron chi connectivity index (χ4n) is 1.85. The van der Waals surface area contributed by atoms with E-state index in [0.717, 1.165) is 12.8 Å². The highest BCUT2D eigenvalue weighted by Gasteiger charge is 2.19. The first kappa shape index (κ1) is 13.1. The molecule has 1 amide bonds. The number of halogens is 1. The van der Waals surface area contributed by atoms with E-state index in [1.165, 1.54) is 6.26 Å². The van der Waals surface area contributed by atoms with Gasteiger partial charge in [-0.25, -0.2) is 0 Å². The van der Waals surface area contributed by atoms with Crippen LogP contribution < -0.4 is 5.32 Å². The summed E-state index contributed by atoms with van der Waals surface area (Å²) in [6.07, 6.45) is 3.52. The summed E-state index contributed by atoms with van der Waals surface area (Å²) in [5.41, 5.74) is 0.402. The molecule has 0 spiro atoms. The maximum Gasteiger partial charge on any atom is 0.256 e. The van der Waals surface area contributed by atoms with E-state index in [2.05, 4.69) is 19.2 Å². The summed E-state index contributed by atoms with van der Waals surface area (Å²) in [6.45, 7) is 6.27. The molecule has 0 bridgehead atoms. The van der Waals surface area contributed by atoms with Crippen molar-refractivity contribution in [3.8, 4) is 0 Å². The van der Waals surface area contributed by atoms with Gasteiger partial charge in [0.2, 0.25) is 5.22 Å². The van der Waals surface area contributed by atoms with E-state index in [1.54, 1.807) is 6.07 Å². The Morgan fingerprint density at radius 1 is 1.50 bits per heavy atom. The number of carbonyl (C=O) groups is 1. The molecule has 0 saturated heterocycles. The maximum absolute atomic E-state index is 11.8. The van der Waals surface area contributed by atoms with Crippen LogP contribution in [-0.4, -0.2) is 11.9 Å². The lowest BCUT2D eigenvalue weighted by molar-refractivity contribution is 0.0925. The van der Waals surface area contributed by atoms with Crippen molar-refractivity contribution in [3.05, 3.63) is 23.1 Å². The normalized spacial score (nSPS) is 12.8. The minimum atomic E-state index is -0.168. The first-order valence-electron chi connectivity index (χ1n) is 5.64. The summed E-state index contributed by atoms with van der Waals surface area (Å²) in [5.74, 6) is 0.327. The first-order valence-corrected chi connectivity index (χ1v) is 6.01. The van der Waals surface area contributed by atoms with Crippen molar-refractivity contribution in [2.75, 3.05) is 0 Å². The second-order valence-electron chi connectivity index (χ2n) is 3.95. The molecule has 0 fully saturated rings. The van der Waals surface area contributed by atoms with Gasteiger partial charge in [-0.15, -0.1) is 0 Å². The third-order valence-electron chi connectivity index (χ3n) is 2.98. The molecule has 0 saturated carbocycles. The average molecular weight is 244 g/mol. The van der Waals surface area contributed by atoms with Crippen LogP contribution in [0.25, 0.3) is 0 Å². The Balaban J connectivity index is 2.61. The molecule has 90 valence electrons. The minimum Gasteiger partial charge on any atom is -0.452 e. The summed E-state index contributed by atoms with van der Waals surface area (Å²) in [7, 11) is 0. The van der Waals surface area contributed by atoms with Gasteiger partial charge in [-0.05, 0) is 30.5 Å². The molecule has 0 aliphatic rings. The average Bonchev–Trinajstić information content (AvgIpc) is 2.66. The van der Waals surface area contributed by atoms with Crippen LogP contribution in [0, 0.1) is 5.92 Å². The van der Waals surface area contributed by atoms with E-state index >= 15 is 0 Å². The van der Waals surface area contributed by atoms with Crippen LogP contribution in [0.15, 0.2) is 16.7 Å². The second-order valence-corrected chi connectivity index (χ2v) is 4.29. The third kappa shape index (κ3) is 3.01. The molecule has 1 heterocycles. The Morgan fingerprint density at radius 2 is 2.12 bits per heavy atom. The van der Waals surface area contributed by atoms with Gasteiger partial charge in [-0.1, -0.05) is 26.7 Å². The van der Waals surface area contributed by atoms with Crippen molar-refractivity contribution in [3.63, 3.8) is 0 Å². The summed E-state index contributed by atoms with van der Waals surface area (Å²) < 4.78 is 4.88. The van der Waals surface area contributed by atoms with Crippen LogP contribution in [0.1, 0.15) is 44.0 Å². The van der Waals surface area contributed by atoms with Crippen molar-refractivity contribution < 1.29 is 9.21 Å². The van der Waals surface area contributed by atoms with Gasteiger partial charge in [0.05, 0.1) is 11.8 Å². The Morgan fingerprint density at radius 3 is 2.56 bits per heavy atom. The molecule has 1 atom stereocenters. The standard InChI is InChI=1S/C12H18ClNO2/c1-4-9(5-2)8(3)14-12(15)10-6-7-16-11(10)13/h6-9H,4-5H2,1-3H3,(H,14,15)/t8-/m1/s1. The summed E-state index contributed by atoms with van der Waals surface area (Å²) in [5, 5.41) is 3.09. The highest BCUT2D eigenvalue weighted by Crippen LogP contribution is 2.18. The van der Waals surface area contributed by atoms with Crippen LogP contribution in [-0.2, 0) is 0 Å². The lowest BCUT2D eigenvalue weighted by Crippen LogP contribution is -2.37. The Bertz CT molecular complexity index is 345. The van der Waals surface area contributed by atoms with E-state index in [0.29, 0.717) is 11.5 Å². The van der Waals surface area contributed by atoms with Gasteiger partial charge in [0, 0.05) is 6.04 Å². The van der Waals surface area contributed by atoms with Gasteiger partial charge >= 0.3 is 0 Å². The van der Waals surface area contributed by atoms with Crippen molar-refractivity contribution in [2.24, 2.45) is 5.92 Å². The number of hydrogen-bond donors (Lipinski definition) is 1. The predicted octanol–water partition coefficient (Wildman–Crippen LogP) is 3.49. The monoisotopic (exact) mass is 243 g/mol. The van der Waals surface area contributed by atoms with Gasteiger partial charge in [-0.3, -0.25) is 4.79 Å². The molecule has 1 rings (SSSR count). The smallest absolute Gasteiger partial charge is 0.256 e. The van der Waals surface area contributed by atoms with E-state index < -0.39 is 0 Å². The van der Waals surface area contributed by atoms with Gasteiger partial charge < -0.3 is 9.73 Å². The zero-order chi connectivity index (χ0) is 12.1. The van der Waals surface area contributed by atoms with Crippen molar-refractivity contribution in [1.82, 2.24) is 5.32 Å². The van der Waals surface area contributed by atoms with Crippen molar-refractivity contribution in [1.29, 1.82) is 0 Å². The van der Waals surface area contributed by atoms with Gasteiger partial charge in [-0.2, -0.15) is 0 Å². The van der Waals surface area contributed by atoms with Crippen molar-refractivity contribution >= 4 is 17.5 Å². The van der Waals surface area contributed by atoms with Crippen molar-refractivity contribution in [2.45, 2.75) is 39.7 Å². The summed E-state index contributed by atoms with van der Waals surface area (Å²) in [6, 6.07) is 1.73. The SMILES string of the molecule is CCC(CC)[C@@H](C)NC(=O)c1ccoc1Cl. The zero-order valence-electron chi connectivity index (χ0n) is 9.92. The summed E-state index contributed by atoms with van der Waals surface area (Å²) in [4.78, 5) is 11.8. The van der Waals surface area contributed by atoms with Gasteiger partial charge in [0.15, 0.2) is 0 Å². The number of hydrogen-bond acceptors (Lipinski definition) is 2. The van der Waals surface area contributed by atoms with Gasteiger partial charge in [0.25, 0.3) is 5.91 Å². The number of furan rings is 1. The molecule has 0 radical (unpaired) electrons. The maximum atomic E-state index is 11.8. The zero-order valence-corrected chi connectivity index (χ0v) is 10.7. The second kappa shape index (κ2) is 5.94. The Kier molecular flexibility index (Phi) is 4.87. The van der Waals surface area contributed by atoms with Crippen LogP contribution >= 0.6 is 11.6 Å². The summed E-state index contributed by atoms with van der Waals surface area (Å²) >= 11 is 5.74. The van der Waals surface area contributed by atoms with E-state index in [9.17, 15) is 4.79 Å². The molecule has 4 heteroatoms. The van der Waals surface area contributed by atoms with E-state index in [-0.39, 0.29) is 17.2 Å². The molecule has 1 aromatic rings. The number of amides is 1. The quantitative estimate of drug-likeness (QED) is 0.860. The fourth-order valence-corrected chi connectivity index (χ4v) is 2.05. The number of nitrogens with one attached hydrogen (secondary N) is 1. The molecule has 16 heavy (non-hydrogen) atoms. The minimum absolute atomic E-state index is 0.147. The van der Waals surface area contributed by atoms with Crippen LogP contribution in [0.2, 0.25) is 5.22 Å². The largest absolute Gasteiger partial charge is 0.452 e. The van der Waals surface area contributed by atoms with Gasteiger partial charge in [0.1, 0.15) is 0 Å². The lowest BCUT2D eigenvalue weighted by atomic mass is 9.95. The fraction of sp³-hybridized carbons (Fsp3) is 0.583. The van der Waals surface area contributed by atoms with E-state index in [4.69, 9.17) is 16.0 Å². The highest BCUT2D eigenvalue weighted by molar-refractivity contribution is 6.32. The number of carbonyl (C=O) groups excluding carboxylic acids is 1. The van der Waals surface area contributed by atoms with E-state index in [1.807, 2.05) is 6.92 Å². The van der Waals surface area contributed by atoms with Crippen LogP contribution in [0.3, 0.4) is 0 Å².